The molecule has 1 nitrogen and oxygen atoms in total. The molecule has 3 aliphatic carbocycles. The molecule has 3 heteroatoms. The zero-order chi connectivity index (χ0) is 12.4. The minimum Gasteiger partial charge on any atom is -0.388 e. The van der Waals surface area contributed by atoms with Crippen molar-refractivity contribution in [1.29, 1.82) is 0 Å². The summed E-state index contributed by atoms with van der Waals surface area (Å²) in [7, 11) is 0. The van der Waals surface area contributed by atoms with Gasteiger partial charge in [0.15, 0.2) is 0 Å². The lowest BCUT2D eigenvalue weighted by Crippen LogP contribution is -2.10. The third-order valence-electron chi connectivity index (χ3n) is 5.44. The molecule has 0 aliphatic heterocycles. The van der Waals surface area contributed by atoms with Crippen LogP contribution in [0.3, 0.4) is 0 Å². The Morgan fingerprint density at radius 1 is 1.22 bits per heavy atom. The van der Waals surface area contributed by atoms with Crippen LogP contribution in [0, 0.1) is 35.4 Å². The summed E-state index contributed by atoms with van der Waals surface area (Å²) in [6, 6.07) is 4.86. The second-order valence-electron chi connectivity index (χ2n) is 6.18. The zero-order valence-electron chi connectivity index (χ0n) is 10.0. The van der Waals surface area contributed by atoms with E-state index in [0.717, 1.165) is 16.3 Å². The summed E-state index contributed by atoms with van der Waals surface area (Å²) in [5.41, 5.74) is 0.475. The monoisotopic (exact) mass is 310 g/mol. The normalized spacial score (nSPS) is 41.8. The number of halogens is 2. The van der Waals surface area contributed by atoms with Gasteiger partial charge in [-0.25, -0.2) is 4.39 Å². The Morgan fingerprint density at radius 2 is 1.89 bits per heavy atom. The first kappa shape index (κ1) is 11.4. The topological polar surface area (TPSA) is 20.2 Å². The highest BCUT2D eigenvalue weighted by molar-refractivity contribution is 9.10. The Balaban J connectivity index is 1.61. The van der Waals surface area contributed by atoms with Gasteiger partial charge in [-0.3, -0.25) is 0 Å². The van der Waals surface area contributed by atoms with Crippen LogP contribution in [0.25, 0.3) is 0 Å². The molecule has 3 saturated carbocycles. The quantitative estimate of drug-likeness (QED) is 0.878. The van der Waals surface area contributed by atoms with E-state index in [0.29, 0.717) is 23.3 Å². The van der Waals surface area contributed by atoms with Gasteiger partial charge in [-0.15, -0.1) is 0 Å². The van der Waals surface area contributed by atoms with Crippen molar-refractivity contribution in [2.45, 2.75) is 25.4 Å². The van der Waals surface area contributed by atoms with Crippen molar-refractivity contribution >= 4 is 15.9 Å². The molecule has 1 aromatic carbocycles. The second-order valence-corrected chi connectivity index (χ2v) is 7.09. The Hall–Kier alpha value is -0.410. The number of hydrogen-bond acceptors (Lipinski definition) is 1. The molecule has 0 saturated heterocycles. The van der Waals surface area contributed by atoms with Crippen molar-refractivity contribution in [3.63, 3.8) is 0 Å². The van der Waals surface area contributed by atoms with Crippen molar-refractivity contribution in [1.82, 2.24) is 0 Å². The lowest BCUT2D eigenvalue weighted by Gasteiger charge is -2.16. The largest absolute Gasteiger partial charge is 0.388 e. The van der Waals surface area contributed by atoms with E-state index in [1.54, 1.807) is 12.1 Å². The van der Waals surface area contributed by atoms with Crippen LogP contribution in [0.1, 0.15) is 30.9 Å². The number of rotatable bonds is 2. The Bertz CT molecular complexity index is 487. The maximum absolute atomic E-state index is 13.8. The Morgan fingerprint density at radius 3 is 2.56 bits per heavy atom. The van der Waals surface area contributed by atoms with E-state index < -0.39 is 6.10 Å². The second kappa shape index (κ2) is 3.80. The first-order valence-electron chi connectivity index (χ1n) is 6.80. The average Bonchev–Trinajstić information content (AvgIpc) is 2.79. The van der Waals surface area contributed by atoms with Crippen molar-refractivity contribution in [3.05, 3.63) is 34.1 Å². The van der Waals surface area contributed by atoms with E-state index in [4.69, 9.17) is 0 Å². The fourth-order valence-electron chi connectivity index (χ4n) is 4.76. The minimum atomic E-state index is -0.610. The van der Waals surface area contributed by atoms with Crippen molar-refractivity contribution in [3.8, 4) is 0 Å². The molecule has 3 fully saturated rings. The van der Waals surface area contributed by atoms with Crippen LogP contribution in [0.4, 0.5) is 4.39 Å². The molecular weight excluding hydrogens is 295 g/mol. The number of benzene rings is 1. The van der Waals surface area contributed by atoms with E-state index >= 15 is 0 Å². The molecule has 18 heavy (non-hydrogen) atoms. The number of fused-ring (bicyclic) bond motifs is 5. The molecular formula is C15H16BrFO. The van der Waals surface area contributed by atoms with E-state index in [2.05, 4.69) is 15.9 Å². The fraction of sp³-hybridized carbons (Fsp3) is 0.600. The van der Waals surface area contributed by atoms with Gasteiger partial charge in [-0.1, -0.05) is 15.9 Å². The van der Waals surface area contributed by atoms with Crippen LogP contribution in [0.15, 0.2) is 22.7 Å². The van der Waals surface area contributed by atoms with Gasteiger partial charge in [0.05, 0.1) is 6.10 Å². The lowest BCUT2D eigenvalue weighted by atomic mass is 9.95. The molecule has 96 valence electrons. The summed E-state index contributed by atoms with van der Waals surface area (Å²) >= 11 is 3.35. The lowest BCUT2D eigenvalue weighted by molar-refractivity contribution is 0.126. The smallest absolute Gasteiger partial charge is 0.129 e. The minimum absolute atomic E-state index is 0.275. The van der Waals surface area contributed by atoms with Gasteiger partial charge in [0, 0.05) is 10.0 Å². The molecule has 3 aliphatic rings. The van der Waals surface area contributed by atoms with Gasteiger partial charge in [-0.2, -0.15) is 0 Å². The summed E-state index contributed by atoms with van der Waals surface area (Å²) in [5, 5.41) is 10.5. The number of aliphatic hydroxyl groups is 1. The summed E-state index contributed by atoms with van der Waals surface area (Å²) in [6.07, 6.45) is 3.41. The Kier molecular flexibility index (Phi) is 2.41. The van der Waals surface area contributed by atoms with Crippen LogP contribution < -0.4 is 0 Å². The van der Waals surface area contributed by atoms with Crippen LogP contribution in [-0.4, -0.2) is 5.11 Å². The third-order valence-corrected chi connectivity index (χ3v) is 5.93. The first-order valence-corrected chi connectivity index (χ1v) is 7.59. The summed E-state index contributed by atoms with van der Waals surface area (Å²) < 4.78 is 14.7. The molecule has 0 amide bonds. The number of aliphatic hydroxyl groups excluding tert-OH is 1. The fourth-order valence-corrected chi connectivity index (χ4v) is 5.14. The van der Waals surface area contributed by atoms with Crippen LogP contribution in [0.2, 0.25) is 0 Å². The highest BCUT2D eigenvalue weighted by Crippen LogP contribution is 2.72. The van der Waals surface area contributed by atoms with Gasteiger partial charge in [0.1, 0.15) is 5.82 Å². The van der Waals surface area contributed by atoms with E-state index in [9.17, 15) is 9.50 Å². The summed E-state index contributed by atoms with van der Waals surface area (Å²) in [6.45, 7) is 0. The zero-order valence-corrected chi connectivity index (χ0v) is 11.6. The molecule has 0 aromatic heterocycles. The molecule has 0 spiro atoms. The summed E-state index contributed by atoms with van der Waals surface area (Å²) in [5.74, 6) is 3.03. The Labute approximate surface area is 115 Å². The van der Waals surface area contributed by atoms with E-state index in [1.165, 1.54) is 25.3 Å². The third kappa shape index (κ3) is 1.47. The van der Waals surface area contributed by atoms with Crippen LogP contribution in [-0.2, 0) is 0 Å². The maximum Gasteiger partial charge on any atom is 0.129 e. The van der Waals surface area contributed by atoms with Crippen molar-refractivity contribution < 1.29 is 9.50 Å². The molecule has 5 atom stereocenters. The molecule has 0 heterocycles. The predicted molar refractivity (Wildman–Crippen MR) is 70.4 cm³/mol. The van der Waals surface area contributed by atoms with Gasteiger partial charge < -0.3 is 5.11 Å². The summed E-state index contributed by atoms with van der Waals surface area (Å²) in [4.78, 5) is 0. The van der Waals surface area contributed by atoms with Crippen LogP contribution in [0.5, 0.6) is 0 Å². The molecule has 5 unspecified atom stereocenters. The van der Waals surface area contributed by atoms with Gasteiger partial charge in [-0.05, 0) is 67.1 Å². The highest BCUT2D eigenvalue weighted by atomic mass is 79.9. The van der Waals surface area contributed by atoms with Gasteiger partial charge >= 0.3 is 0 Å². The van der Waals surface area contributed by atoms with Gasteiger partial charge in [0.25, 0.3) is 0 Å². The van der Waals surface area contributed by atoms with Crippen molar-refractivity contribution in [2.24, 2.45) is 29.6 Å². The van der Waals surface area contributed by atoms with Gasteiger partial charge in [0.2, 0.25) is 0 Å². The number of hydrogen-bond donors (Lipinski definition) is 1. The van der Waals surface area contributed by atoms with Crippen LogP contribution >= 0.6 is 15.9 Å². The highest BCUT2D eigenvalue weighted by Gasteiger charge is 2.66. The van der Waals surface area contributed by atoms with Crippen molar-refractivity contribution in [2.75, 3.05) is 0 Å². The molecule has 1 aromatic rings. The van der Waals surface area contributed by atoms with E-state index in [1.807, 2.05) is 0 Å². The SMILES string of the molecule is OC(c1cc(Br)ccc1F)C1C2C3CCC(C3)C21. The molecule has 1 N–H and O–H groups in total. The molecule has 0 radical (unpaired) electrons. The first-order chi connectivity index (χ1) is 8.66. The standard InChI is InChI=1S/C15H16BrFO/c16-9-3-4-11(17)10(6-9)15(18)14-12-7-1-2-8(5-7)13(12)14/h3-4,6-8,12-15,18H,1-2,5H2. The maximum atomic E-state index is 13.8. The predicted octanol–water partition coefficient (Wildman–Crippen LogP) is 3.91. The molecule has 2 bridgehead atoms. The average molecular weight is 311 g/mol. The molecule has 4 rings (SSSR count). The van der Waals surface area contributed by atoms with E-state index in [-0.39, 0.29) is 5.82 Å².